The summed E-state index contributed by atoms with van der Waals surface area (Å²) >= 11 is 12.0. The predicted molar refractivity (Wildman–Crippen MR) is 98.4 cm³/mol. The second-order valence-electron chi connectivity index (χ2n) is 5.33. The van der Waals surface area contributed by atoms with Crippen LogP contribution in [0.15, 0.2) is 54.7 Å². The van der Waals surface area contributed by atoms with E-state index in [2.05, 4.69) is 10.4 Å². The highest BCUT2D eigenvalue weighted by Gasteiger charge is 2.14. The molecule has 1 aromatic heterocycles. The van der Waals surface area contributed by atoms with Crippen LogP contribution < -0.4 is 10.1 Å². The number of nitrogens with one attached hydrogen (secondary N) is 1. The van der Waals surface area contributed by atoms with Crippen LogP contribution in [0, 0.1) is 6.92 Å². The third-order valence-corrected chi connectivity index (χ3v) is 4.12. The Hall–Kier alpha value is -2.50. The van der Waals surface area contributed by atoms with E-state index in [4.69, 9.17) is 27.9 Å². The Bertz CT molecular complexity index is 909. The molecule has 128 valence electrons. The number of hydrogen-bond donors (Lipinski definition) is 1. The Kier molecular flexibility index (Phi) is 5.26. The molecule has 0 aliphatic rings. The van der Waals surface area contributed by atoms with Crippen LogP contribution in [0.5, 0.6) is 5.75 Å². The van der Waals surface area contributed by atoms with Crippen LogP contribution in [-0.2, 0) is 6.73 Å². The minimum Gasteiger partial charge on any atom is -0.470 e. The molecule has 0 unspecified atom stereocenters. The number of amides is 1. The molecule has 3 aromatic rings. The van der Waals surface area contributed by atoms with Crippen LogP contribution in [0.4, 0.5) is 5.69 Å². The SMILES string of the molecule is Cc1ccc(Cl)cc1NC(=O)c1ccnn1COc1ccccc1Cl. The van der Waals surface area contributed by atoms with Crippen molar-refractivity contribution in [3.05, 3.63) is 76.0 Å². The number of hydrogen-bond acceptors (Lipinski definition) is 3. The summed E-state index contributed by atoms with van der Waals surface area (Å²) in [6.45, 7) is 1.96. The highest BCUT2D eigenvalue weighted by atomic mass is 35.5. The molecule has 7 heteroatoms. The first kappa shape index (κ1) is 17.3. The first-order valence-electron chi connectivity index (χ1n) is 7.51. The third kappa shape index (κ3) is 4.13. The van der Waals surface area contributed by atoms with Crippen molar-refractivity contribution in [3.8, 4) is 5.75 Å². The fourth-order valence-corrected chi connectivity index (χ4v) is 2.60. The Balaban J connectivity index is 1.73. The zero-order chi connectivity index (χ0) is 17.8. The Morgan fingerprint density at radius 1 is 1.20 bits per heavy atom. The van der Waals surface area contributed by atoms with E-state index >= 15 is 0 Å². The van der Waals surface area contributed by atoms with Crippen molar-refractivity contribution in [1.29, 1.82) is 0 Å². The molecule has 1 amide bonds. The topological polar surface area (TPSA) is 56.2 Å². The lowest BCUT2D eigenvalue weighted by atomic mass is 10.2. The van der Waals surface area contributed by atoms with Crippen LogP contribution >= 0.6 is 23.2 Å². The highest BCUT2D eigenvalue weighted by molar-refractivity contribution is 6.32. The van der Waals surface area contributed by atoms with Crippen LogP contribution in [-0.4, -0.2) is 15.7 Å². The standard InChI is InChI=1S/C18H15Cl2N3O2/c1-12-6-7-13(19)10-15(12)22-18(24)16-8-9-21-23(16)11-25-17-5-3-2-4-14(17)20/h2-10H,11H2,1H3,(H,22,24). The molecule has 0 saturated heterocycles. The van der Waals surface area contributed by atoms with Gasteiger partial charge in [-0.2, -0.15) is 5.10 Å². The van der Waals surface area contributed by atoms with E-state index in [1.807, 2.05) is 25.1 Å². The van der Waals surface area contributed by atoms with Gasteiger partial charge in [-0.05, 0) is 42.8 Å². The average Bonchev–Trinajstić information content (AvgIpc) is 3.06. The largest absolute Gasteiger partial charge is 0.470 e. The van der Waals surface area contributed by atoms with E-state index in [1.165, 1.54) is 10.9 Å². The molecular formula is C18H15Cl2N3O2. The number of rotatable bonds is 5. The summed E-state index contributed by atoms with van der Waals surface area (Å²) in [5, 5.41) is 8.01. The van der Waals surface area contributed by atoms with E-state index in [0.717, 1.165) is 5.56 Å². The van der Waals surface area contributed by atoms with Crippen molar-refractivity contribution in [3.63, 3.8) is 0 Å². The van der Waals surface area contributed by atoms with Gasteiger partial charge in [-0.3, -0.25) is 4.79 Å². The molecule has 1 heterocycles. The Morgan fingerprint density at radius 3 is 2.80 bits per heavy atom. The van der Waals surface area contributed by atoms with Gasteiger partial charge in [0, 0.05) is 16.9 Å². The highest BCUT2D eigenvalue weighted by Crippen LogP contribution is 2.24. The molecule has 0 aliphatic heterocycles. The van der Waals surface area contributed by atoms with Gasteiger partial charge in [0.25, 0.3) is 5.91 Å². The number of ether oxygens (including phenoxy) is 1. The normalized spacial score (nSPS) is 10.5. The number of aromatic nitrogens is 2. The summed E-state index contributed by atoms with van der Waals surface area (Å²) in [6, 6.07) is 14.1. The quantitative estimate of drug-likeness (QED) is 0.697. The first-order chi connectivity index (χ1) is 12.0. The van der Waals surface area contributed by atoms with Gasteiger partial charge in [0.05, 0.1) is 5.02 Å². The predicted octanol–water partition coefficient (Wildman–Crippen LogP) is 4.79. The van der Waals surface area contributed by atoms with Gasteiger partial charge in [0.2, 0.25) is 0 Å². The van der Waals surface area contributed by atoms with Gasteiger partial charge in [-0.1, -0.05) is 41.4 Å². The molecule has 0 aliphatic carbocycles. The third-order valence-electron chi connectivity index (χ3n) is 3.58. The number of anilines is 1. The maximum absolute atomic E-state index is 12.5. The molecule has 0 spiro atoms. The van der Waals surface area contributed by atoms with Crippen LogP contribution in [0.1, 0.15) is 16.1 Å². The summed E-state index contributed by atoms with van der Waals surface area (Å²) in [7, 11) is 0. The van der Waals surface area contributed by atoms with Gasteiger partial charge < -0.3 is 10.1 Å². The Morgan fingerprint density at radius 2 is 2.00 bits per heavy atom. The smallest absolute Gasteiger partial charge is 0.274 e. The zero-order valence-electron chi connectivity index (χ0n) is 13.4. The van der Waals surface area contributed by atoms with E-state index < -0.39 is 0 Å². The fraction of sp³-hybridized carbons (Fsp3) is 0.111. The van der Waals surface area contributed by atoms with Gasteiger partial charge in [0.1, 0.15) is 11.4 Å². The van der Waals surface area contributed by atoms with Crippen LogP contribution in [0.2, 0.25) is 10.0 Å². The monoisotopic (exact) mass is 375 g/mol. The van der Waals surface area contributed by atoms with Crippen molar-refractivity contribution in [2.24, 2.45) is 0 Å². The lowest BCUT2D eigenvalue weighted by Crippen LogP contribution is -2.20. The maximum atomic E-state index is 12.5. The fourth-order valence-electron chi connectivity index (χ4n) is 2.24. The number of para-hydroxylation sites is 1. The maximum Gasteiger partial charge on any atom is 0.274 e. The summed E-state index contributed by atoms with van der Waals surface area (Å²) in [4.78, 5) is 12.5. The minimum atomic E-state index is -0.300. The number of nitrogens with zero attached hydrogens (tertiary/aromatic N) is 2. The van der Waals surface area contributed by atoms with Crippen molar-refractivity contribution < 1.29 is 9.53 Å². The number of halogens is 2. The summed E-state index contributed by atoms with van der Waals surface area (Å²) in [5.74, 6) is 0.224. The second kappa shape index (κ2) is 7.59. The second-order valence-corrected chi connectivity index (χ2v) is 6.18. The molecule has 0 radical (unpaired) electrons. The molecule has 2 aromatic carbocycles. The number of benzene rings is 2. The van der Waals surface area contributed by atoms with Crippen molar-refractivity contribution in [2.75, 3.05) is 5.32 Å². The molecule has 3 rings (SSSR count). The molecule has 5 nitrogen and oxygen atoms in total. The van der Waals surface area contributed by atoms with Crippen LogP contribution in [0.25, 0.3) is 0 Å². The van der Waals surface area contributed by atoms with Crippen molar-refractivity contribution in [1.82, 2.24) is 9.78 Å². The van der Waals surface area contributed by atoms with Gasteiger partial charge in [-0.15, -0.1) is 0 Å². The van der Waals surface area contributed by atoms with Gasteiger partial charge in [0.15, 0.2) is 6.73 Å². The summed E-state index contributed by atoms with van der Waals surface area (Å²) < 4.78 is 7.09. The van der Waals surface area contributed by atoms with E-state index in [9.17, 15) is 4.79 Å². The summed E-state index contributed by atoms with van der Waals surface area (Å²) in [6.07, 6.45) is 1.54. The first-order valence-corrected chi connectivity index (χ1v) is 8.27. The van der Waals surface area contributed by atoms with Gasteiger partial charge >= 0.3 is 0 Å². The summed E-state index contributed by atoms with van der Waals surface area (Å²) in [5.41, 5.74) is 1.93. The molecule has 25 heavy (non-hydrogen) atoms. The van der Waals surface area contributed by atoms with Crippen molar-refractivity contribution >= 4 is 34.8 Å². The number of carbonyl (C=O) groups excluding carboxylic acids is 1. The molecule has 0 fully saturated rings. The molecule has 0 saturated carbocycles. The zero-order valence-corrected chi connectivity index (χ0v) is 14.9. The molecule has 0 bridgehead atoms. The van der Waals surface area contributed by atoms with E-state index in [0.29, 0.717) is 27.2 Å². The minimum absolute atomic E-state index is 0.0635. The average molecular weight is 376 g/mol. The Labute approximate surface area is 155 Å². The van der Waals surface area contributed by atoms with Gasteiger partial charge in [-0.25, -0.2) is 4.68 Å². The lowest BCUT2D eigenvalue weighted by Gasteiger charge is -2.12. The molecule has 1 N–H and O–H groups in total. The molecular weight excluding hydrogens is 361 g/mol. The number of carbonyl (C=O) groups is 1. The van der Waals surface area contributed by atoms with E-state index in [1.54, 1.807) is 30.3 Å². The van der Waals surface area contributed by atoms with Crippen molar-refractivity contribution in [2.45, 2.75) is 13.7 Å². The lowest BCUT2D eigenvalue weighted by molar-refractivity contribution is 0.100. The van der Waals surface area contributed by atoms with E-state index in [-0.39, 0.29) is 12.6 Å². The van der Waals surface area contributed by atoms with Crippen LogP contribution in [0.3, 0.4) is 0 Å². The number of aryl methyl sites for hydroxylation is 1. The molecule has 0 atom stereocenters.